The van der Waals surface area contributed by atoms with E-state index in [2.05, 4.69) is 5.32 Å². The number of carbonyl (C=O) groups excluding carboxylic acids is 1. The molecule has 1 aliphatic rings. The second-order valence-corrected chi connectivity index (χ2v) is 5.66. The average Bonchev–Trinajstić information content (AvgIpc) is 2.47. The van der Waals surface area contributed by atoms with Gasteiger partial charge in [0.15, 0.2) is 0 Å². The summed E-state index contributed by atoms with van der Waals surface area (Å²) in [4.78, 5) is 23.2. The van der Waals surface area contributed by atoms with Crippen LogP contribution in [0, 0.1) is 11.3 Å². The van der Waals surface area contributed by atoms with Crippen LogP contribution >= 0.6 is 0 Å². The summed E-state index contributed by atoms with van der Waals surface area (Å²) < 4.78 is 5.29. The molecule has 116 valence electrons. The number of hydrogen-bond acceptors (Lipinski definition) is 3. The van der Waals surface area contributed by atoms with E-state index in [1.807, 2.05) is 13.8 Å². The van der Waals surface area contributed by atoms with Gasteiger partial charge in [0.05, 0.1) is 5.41 Å². The molecule has 0 aliphatic carbocycles. The number of carbonyl (C=O) groups is 2. The van der Waals surface area contributed by atoms with Gasteiger partial charge in [-0.05, 0) is 38.0 Å². The van der Waals surface area contributed by atoms with Crippen LogP contribution in [0.5, 0.6) is 0 Å². The molecule has 0 radical (unpaired) electrons. The topological polar surface area (TPSA) is 75.6 Å². The zero-order chi connectivity index (χ0) is 15.0. The Balaban J connectivity index is 2.32. The fourth-order valence-corrected chi connectivity index (χ4v) is 2.60. The third-order valence-electron chi connectivity index (χ3n) is 4.55. The van der Waals surface area contributed by atoms with Gasteiger partial charge in [-0.15, -0.1) is 0 Å². The second kappa shape index (κ2) is 8.25. The van der Waals surface area contributed by atoms with Gasteiger partial charge in [0.25, 0.3) is 0 Å². The van der Waals surface area contributed by atoms with Gasteiger partial charge in [0.1, 0.15) is 0 Å². The lowest BCUT2D eigenvalue weighted by molar-refractivity contribution is -0.149. The average molecular weight is 285 g/mol. The lowest BCUT2D eigenvalue weighted by Gasteiger charge is -2.27. The number of rotatable bonds is 8. The van der Waals surface area contributed by atoms with E-state index in [1.165, 1.54) is 0 Å². The van der Waals surface area contributed by atoms with E-state index < -0.39 is 11.4 Å². The molecule has 1 fully saturated rings. The second-order valence-electron chi connectivity index (χ2n) is 5.66. The van der Waals surface area contributed by atoms with Crippen molar-refractivity contribution in [1.29, 1.82) is 0 Å². The van der Waals surface area contributed by atoms with Gasteiger partial charge >= 0.3 is 5.97 Å². The SMILES string of the molecule is CCC(CC)(CNC(=O)CCC1CCOCC1)C(=O)O. The lowest BCUT2D eigenvalue weighted by Crippen LogP contribution is -2.42. The highest BCUT2D eigenvalue weighted by atomic mass is 16.5. The van der Waals surface area contributed by atoms with Crippen LogP contribution in [0.4, 0.5) is 0 Å². The van der Waals surface area contributed by atoms with Crippen molar-refractivity contribution in [2.24, 2.45) is 11.3 Å². The largest absolute Gasteiger partial charge is 0.481 e. The molecule has 1 aliphatic heterocycles. The Morgan fingerprint density at radius 2 is 1.85 bits per heavy atom. The smallest absolute Gasteiger partial charge is 0.311 e. The monoisotopic (exact) mass is 285 g/mol. The van der Waals surface area contributed by atoms with Crippen molar-refractivity contribution in [1.82, 2.24) is 5.32 Å². The fraction of sp³-hybridized carbons (Fsp3) is 0.867. The molecule has 0 bridgehead atoms. The Kier molecular flexibility index (Phi) is 6.99. The highest BCUT2D eigenvalue weighted by Crippen LogP contribution is 2.26. The first-order valence-electron chi connectivity index (χ1n) is 7.62. The normalized spacial score (nSPS) is 16.9. The summed E-state index contributed by atoms with van der Waals surface area (Å²) in [6, 6.07) is 0. The third-order valence-corrected chi connectivity index (χ3v) is 4.55. The molecular weight excluding hydrogens is 258 g/mol. The highest BCUT2D eigenvalue weighted by molar-refractivity contribution is 5.79. The Bertz CT molecular complexity index is 320. The zero-order valence-electron chi connectivity index (χ0n) is 12.6. The van der Waals surface area contributed by atoms with Gasteiger partial charge in [-0.2, -0.15) is 0 Å². The lowest BCUT2D eigenvalue weighted by atomic mass is 9.82. The van der Waals surface area contributed by atoms with Crippen LogP contribution in [0.15, 0.2) is 0 Å². The molecule has 0 saturated carbocycles. The van der Waals surface area contributed by atoms with Crippen LogP contribution < -0.4 is 5.32 Å². The molecule has 20 heavy (non-hydrogen) atoms. The van der Waals surface area contributed by atoms with E-state index in [4.69, 9.17) is 4.74 Å². The van der Waals surface area contributed by atoms with Gasteiger partial charge < -0.3 is 15.2 Å². The molecule has 5 heteroatoms. The van der Waals surface area contributed by atoms with Crippen LogP contribution in [-0.2, 0) is 14.3 Å². The van der Waals surface area contributed by atoms with Gasteiger partial charge in [-0.25, -0.2) is 0 Å². The minimum absolute atomic E-state index is 0.0379. The first-order chi connectivity index (χ1) is 9.54. The summed E-state index contributed by atoms with van der Waals surface area (Å²) in [5, 5.41) is 12.1. The number of ether oxygens (including phenoxy) is 1. The molecule has 1 heterocycles. The summed E-state index contributed by atoms with van der Waals surface area (Å²) in [6.45, 7) is 5.51. The van der Waals surface area contributed by atoms with Crippen molar-refractivity contribution in [2.75, 3.05) is 19.8 Å². The van der Waals surface area contributed by atoms with Gasteiger partial charge in [-0.1, -0.05) is 13.8 Å². The quantitative estimate of drug-likeness (QED) is 0.717. The van der Waals surface area contributed by atoms with Crippen molar-refractivity contribution in [3.63, 3.8) is 0 Å². The van der Waals surface area contributed by atoms with E-state index in [1.54, 1.807) is 0 Å². The molecule has 0 aromatic heterocycles. The fourth-order valence-electron chi connectivity index (χ4n) is 2.60. The molecule has 0 spiro atoms. The number of aliphatic carboxylic acids is 1. The van der Waals surface area contributed by atoms with Crippen LogP contribution in [0.3, 0.4) is 0 Å². The van der Waals surface area contributed by atoms with E-state index in [0.717, 1.165) is 32.5 Å². The zero-order valence-corrected chi connectivity index (χ0v) is 12.6. The van der Waals surface area contributed by atoms with Crippen LogP contribution in [0.25, 0.3) is 0 Å². The maximum atomic E-state index is 11.9. The first-order valence-corrected chi connectivity index (χ1v) is 7.62. The molecule has 2 N–H and O–H groups in total. The number of nitrogens with one attached hydrogen (secondary N) is 1. The summed E-state index contributed by atoms with van der Waals surface area (Å²) in [6.07, 6.45) is 4.45. The molecule has 0 aromatic carbocycles. The van der Waals surface area contributed by atoms with Crippen LogP contribution in [0.1, 0.15) is 52.4 Å². The van der Waals surface area contributed by atoms with Crippen molar-refractivity contribution < 1.29 is 19.4 Å². The summed E-state index contributed by atoms with van der Waals surface area (Å²) in [5.74, 6) is -0.299. The van der Waals surface area contributed by atoms with Crippen molar-refractivity contribution in [3.05, 3.63) is 0 Å². The third kappa shape index (κ3) is 4.78. The van der Waals surface area contributed by atoms with Crippen molar-refractivity contribution in [2.45, 2.75) is 52.4 Å². The molecule has 0 aromatic rings. The number of carboxylic acids is 1. The maximum Gasteiger partial charge on any atom is 0.311 e. The molecule has 5 nitrogen and oxygen atoms in total. The predicted octanol–water partition coefficient (Wildman–Crippen LogP) is 2.20. The standard InChI is InChI=1S/C15H27NO4/c1-3-15(4-2,14(18)19)11-16-13(17)6-5-12-7-9-20-10-8-12/h12H,3-11H2,1-2H3,(H,16,17)(H,18,19). The number of carboxylic acid groups (broad SMARTS) is 1. The van der Waals surface area contributed by atoms with Gasteiger partial charge in [0.2, 0.25) is 5.91 Å². The first kappa shape index (κ1) is 17.0. The Labute approximate surface area is 121 Å². The number of amides is 1. The summed E-state index contributed by atoms with van der Waals surface area (Å²) in [5.41, 5.74) is -0.825. The summed E-state index contributed by atoms with van der Waals surface area (Å²) in [7, 11) is 0. The minimum atomic E-state index is -0.827. The van der Waals surface area contributed by atoms with Crippen LogP contribution in [0.2, 0.25) is 0 Å². The molecule has 0 atom stereocenters. The van der Waals surface area contributed by atoms with E-state index in [-0.39, 0.29) is 12.5 Å². The molecular formula is C15H27NO4. The van der Waals surface area contributed by atoms with E-state index in [0.29, 0.717) is 25.2 Å². The maximum absolute atomic E-state index is 11.9. The Morgan fingerprint density at radius 1 is 1.25 bits per heavy atom. The van der Waals surface area contributed by atoms with Gasteiger partial charge in [0, 0.05) is 26.2 Å². The minimum Gasteiger partial charge on any atom is -0.481 e. The molecule has 1 amide bonds. The number of hydrogen-bond donors (Lipinski definition) is 2. The Morgan fingerprint density at radius 3 is 2.35 bits per heavy atom. The van der Waals surface area contributed by atoms with Gasteiger partial charge in [-0.3, -0.25) is 9.59 Å². The van der Waals surface area contributed by atoms with Crippen molar-refractivity contribution in [3.8, 4) is 0 Å². The highest BCUT2D eigenvalue weighted by Gasteiger charge is 2.35. The summed E-state index contributed by atoms with van der Waals surface area (Å²) >= 11 is 0. The Hall–Kier alpha value is -1.10. The predicted molar refractivity (Wildman–Crippen MR) is 76.4 cm³/mol. The molecule has 1 rings (SSSR count). The van der Waals surface area contributed by atoms with Crippen molar-refractivity contribution >= 4 is 11.9 Å². The molecule has 1 saturated heterocycles. The van der Waals surface area contributed by atoms with Crippen LogP contribution in [-0.4, -0.2) is 36.7 Å². The van der Waals surface area contributed by atoms with E-state index >= 15 is 0 Å². The molecule has 0 unspecified atom stereocenters. The van der Waals surface area contributed by atoms with E-state index in [9.17, 15) is 14.7 Å².